The van der Waals surface area contributed by atoms with E-state index in [-0.39, 0.29) is 66.2 Å². The zero-order valence-electron chi connectivity index (χ0n) is 32.7. The molecule has 0 radical (unpaired) electrons. The van der Waals surface area contributed by atoms with Gasteiger partial charge in [-0.25, -0.2) is 32.2 Å². The Morgan fingerprint density at radius 2 is 1.82 bits per heavy atom. The van der Waals surface area contributed by atoms with Gasteiger partial charge >= 0.3 is 13.8 Å². The molecule has 5 rings (SSSR count). The summed E-state index contributed by atoms with van der Waals surface area (Å²) in [6.07, 6.45) is 11.0. The number of halogens is 3. The third-order valence-corrected chi connectivity index (χ3v) is 11.7. The van der Waals surface area contributed by atoms with Crippen molar-refractivity contribution in [2.75, 3.05) is 33.5 Å². The molecular weight excluding hydrogens is 825 g/mol. The Bertz CT molecular complexity index is 2250. The van der Waals surface area contributed by atoms with Gasteiger partial charge in [-0.3, -0.25) is 13.6 Å². The minimum Gasteiger partial charge on any atom is -0.496 e. The monoisotopic (exact) mass is 866 g/mol. The standard InChI is InChI=1S/C42H42F3N4O9PS/c1-5-18-55-59(51,56-19-6-2)57-25-35-34(11-9-12-39(35)52-4)41(50)58-42(26-49-28-47-27-48-49,36-17-16-32(43)21-38(36)45)29(3)60-33-23-53-40(54-24-33)13-8-7-10-31-15-14-30(22-46)20-37(31)44/h5-17,20-21,27-29,33,40H,1-2,18-19,23-26H2,3-4H3/t29-,33?,40?,42-/m1/s1. The smallest absolute Gasteiger partial charge is 0.475 e. The molecule has 1 saturated heterocycles. The first-order chi connectivity index (χ1) is 28.9. The number of nitriles is 1. The van der Waals surface area contributed by atoms with Crippen molar-refractivity contribution in [3.8, 4) is 11.8 Å². The Labute approximate surface area is 349 Å². The topological polar surface area (TPSA) is 153 Å². The Kier molecular flexibility index (Phi) is 16.6. The summed E-state index contributed by atoms with van der Waals surface area (Å²) in [5.74, 6) is -3.17. The first-order valence-corrected chi connectivity index (χ1v) is 20.7. The number of hydrogen-bond acceptors (Lipinski definition) is 13. The van der Waals surface area contributed by atoms with Crippen LogP contribution in [0.5, 0.6) is 5.75 Å². The van der Waals surface area contributed by atoms with Crippen LogP contribution in [0, 0.1) is 28.8 Å². The molecule has 1 aliphatic rings. The number of ether oxygens (including phenoxy) is 4. The SMILES string of the molecule is C=CCOP(=O)(OCC=C)OCc1c(OC)cccc1C(=O)O[C@@](Cn1cncn1)(c1ccc(F)cc1F)[C@@H](C)SC1COC(C=CC=Cc2ccc(C#N)cc2F)OC1. The summed E-state index contributed by atoms with van der Waals surface area (Å²) in [6, 6.07) is 13.5. The highest BCUT2D eigenvalue weighted by atomic mass is 32.2. The van der Waals surface area contributed by atoms with Crippen LogP contribution in [0.4, 0.5) is 13.2 Å². The fourth-order valence-corrected chi connectivity index (χ4v) is 8.43. The van der Waals surface area contributed by atoms with E-state index in [9.17, 15) is 18.1 Å². The van der Waals surface area contributed by atoms with Gasteiger partial charge in [0.1, 0.15) is 35.9 Å². The van der Waals surface area contributed by atoms with Crippen LogP contribution in [0.1, 0.15) is 39.5 Å². The lowest BCUT2D eigenvalue weighted by molar-refractivity contribution is -0.146. The van der Waals surface area contributed by atoms with Gasteiger partial charge in [0, 0.05) is 28.0 Å². The summed E-state index contributed by atoms with van der Waals surface area (Å²) < 4.78 is 99.7. The molecule has 4 aromatic rings. The number of allylic oxidation sites excluding steroid dienone is 2. The molecule has 0 bridgehead atoms. The number of thioether (sulfide) groups is 1. The lowest BCUT2D eigenvalue weighted by Gasteiger charge is -2.40. The number of methoxy groups -OCH3 is 1. The average Bonchev–Trinajstić information content (AvgIpc) is 3.76. The molecule has 0 aliphatic carbocycles. The molecule has 2 atom stereocenters. The third-order valence-electron chi connectivity index (χ3n) is 8.90. The molecular formula is C42H42F3N4O9PS. The number of carbonyl (C=O) groups excluding carboxylic acids is 1. The van der Waals surface area contributed by atoms with E-state index in [2.05, 4.69) is 23.2 Å². The van der Waals surface area contributed by atoms with Crippen LogP contribution in [0.2, 0.25) is 0 Å². The Morgan fingerprint density at radius 1 is 1.07 bits per heavy atom. The highest BCUT2D eigenvalue weighted by Gasteiger charge is 2.47. The molecule has 1 aromatic heterocycles. The molecule has 0 spiro atoms. The van der Waals surface area contributed by atoms with E-state index >= 15 is 4.39 Å². The molecule has 1 aliphatic heterocycles. The number of hydrogen-bond donors (Lipinski definition) is 0. The molecule has 2 heterocycles. The fraction of sp³-hybridized carbons (Fsp3) is 0.286. The van der Waals surface area contributed by atoms with Gasteiger partial charge in [-0.1, -0.05) is 42.5 Å². The van der Waals surface area contributed by atoms with Gasteiger partial charge in [0.2, 0.25) is 0 Å². The Morgan fingerprint density at radius 3 is 2.45 bits per heavy atom. The average molecular weight is 867 g/mol. The maximum absolute atomic E-state index is 16.1. The molecule has 0 unspecified atom stereocenters. The molecule has 1 fully saturated rings. The maximum Gasteiger partial charge on any atom is 0.475 e. The molecule has 316 valence electrons. The summed E-state index contributed by atoms with van der Waals surface area (Å²) in [6.45, 7) is 8.03. The van der Waals surface area contributed by atoms with Crippen molar-refractivity contribution in [3.63, 3.8) is 0 Å². The molecule has 3 aromatic carbocycles. The summed E-state index contributed by atoms with van der Waals surface area (Å²) in [4.78, 5) is 18.6. The first kappa shape index (κ1) is 45.8. The molecule has 0 N–H and O–H groups in total. The Balaban J connectivity index is 1.42. The van der Waals surface area contributed by atoms with Crippen LogP contribution >= 0.6 is 19.6 Å². The zero-order chi connectivity index (χ0) is 43.1. The second kappa shape index (κ2) is 21.8. The van der Waals surface area contributed by atoms with Crippen LogP contribution in [-0.4, -0.2) is 71.1 Å². The minimum atomic E-state index is -4.21. The Hall–Kier alpha value is -5.31. The zero-order valence-corrected chi connectivity index (χ0v) is 34.4. The van der Waals surface area contributed by atoms with Crippen LogP contribution in [0.3, 0.4) is 0 Å². The summed E-state index contributed by atoms with van der Waals surface area (Å²) >= 11 is 1.28. The summed E-state index contributed by atoms with van der Waals surface area (Å²) in [5, 5.41) is 12.0. The van der Waals surface area contributed by atoms with E-state index in [0.717, 1.165) is 12.1 Å². The van der Waals surface area contributed by atoms with E-state index in [1.165, 1.54) is 84.8 Å². The quantitative estimate of drug-likeness (QED) is 0.0341. The van der Waals surface area contributed by atoms with E-state index in [4.69, 9.17) is 37.8 Å². The molecule has 18 heteroatoms. The largest absolute Gasteiger partial charge is 0.496 e. The highest BCUT2D eigenvalue weighted by Crippen LogP contribution is 2.51. The summed E-state index contributed by atoms with van der Waals surface area (Å²) in [7, 11) is -2.85. The molecule has 0 saturated carbocycles. The van der Waals surface area contributed by atoms with Gasteiger partial charge in [-0.15, -0.1) is 24.9 Å². The molecule has 13 nitrogen and oxygen atoms in total. The van der Waals surface area contributed by atoms with E-state index < -0.39 is 55.0 Å². The lowest BCUT2D eigenvalue weighted by Crippen LogP contribution is -2.47. The minimum absolute atomic E-state index is 0.0917. The number of carbonyl (C=O) groups is 1. The number of esters is 1. The lowest BCUT2D eigenvalue weighted by atomic mass is 9.89. The first-order valence-electron chi connectivity index (χ1n) is 18.3. The van der Waals surface area contributed by atoms with Gasteiger partial charge < -0.3 is 18.9 Å². The van der Waals surface area contributed by atoms with Gasteiger partial charge in [-0.2, -0.15) is 10.4 Å². The van der Waals surface area contributed by atoms with Crippen LogP contribution in [-0.2, 0) is 51.1 Å². The van der Waals surface area contributed by atoms with Crippen LogP contribution in [0.15, 0.2) is 111 Å². The van der Waals surface area contributed by atoms with Gasteiger partial charge in [-0.05, 0) is 49.4 Å². The predicted molar refractivity (Wildman–Crippen MR) is 217 cm³/mol. The highest BCUT2D eigenvalue weighted by molar-refractivity contribution is 8.00. The van der Waals surface area contributed by atoms with Crippen LogP contribution in [0.25, 0.3) is 6.08 Å². The van der Waals surface area contributed by atoms with Crippen molar-refractivity contribution in [2.24, 2.45) is 0 Å². The number of phosphoric ester groups is 1. The third kappa shape index (κ3) is 11.9. The van der Waals surface area contributed by atoms with Crippen molar-refractivity contribution in [3.05, 3.63) is 156 Å². The second-order valence-electron chi connectivity index (χ2n) is 12.9. The normalized spacial score (nSPS) is 17.2. The molecule has 60 heavy (non-hydrogen) atoms. The van der Waals surface area contributed by atoms with Crippen LogP contribution < -0.4 is 4.74 Å². The number of benzene rings is 3. The van der Waals surface area contributed by atoms with Gasteiger partial charge in [0.05, 0.1) is 69.1 Å². The van der Waals surface area contributed by atoms with Crippen molar-refractivity contribution in [1.29, 1.82) is 5.26 Å². The van der Waals surface area contributed by atoms with E-state index in [1.54, 1.807) is 31.2 Å². The van der Waals surface area contributed by atoms with Gasteiger partial charge in [0.25, 0.3) is 0 Å². The van der Waals surface area contributed by atoms with E-state index in [0.29, 0.717) is 11.6 Å². The van der Waals surface area contributed by atoms with Crippen molar-refractivity contribution < 1.29 is 55.0 Å². The van der Waals surface area contributed by atoms with Crippen molar-refractivity contribution >= 4 is 31.6 Å². The number of rotatable bonds is 21. The number of phosphoric acid groups is 1. The number of nitrogens with zero attached hydrogens (tertiary/aromatic N) is 4. The maximum atomic E-state index is 16.1. The van der Waals surface area contributed by atoms with Crippen molar-refractivity contribution in [1.82, 2.24) is 14.8 Å². The number of aromatic nitrogens is 3. The predicted octanol–water partition coefficient (Wildman–Crippen LogP) is 8.49. The van der Waals surface area contributed by atoms with E-state index in [1.807, 2.05) is 6.07 Å². The second-order valence-corrected chi connectivity index (χ2v) is 16.2. The summed E-state index contributed by atoms with van der Waals surface area (Å²) in [5.41, 5.74) is -1.53. The fourth-order valence-electron chi connectivity index (χ4n) is 5.99. The van der Waals surface area contributed by atoms with Crippen molar-refractivity contribution in [2.45, 2.75) is 42.5 Å². The van der Waals surface area contributed by atoms with Gasteiger partial charge in [0.15, 0.2) is 11.9 Å². The molecule has 0 amide bonds.